The Bertz CT molecular complexity index is 2370. The summed E-state index contributed by atoms with van der Waals surface area (Å²) in [5, 5.41) is 103. The molecule has 0 radical (unpaired) electrons. The summed E-state index contributed by atoms with van der Waals surface area (Å²) in [4.78, 5) is 105. The van der Waals surface area contributed by atoms with Crippen LogP contribution < -0.4 is 42.5 Å². The Morgan fingerprint density at radius 3 is 0.597 bits per heavy atom. The second kappa shape index (κ2) is 25.5. The predicted octanol–water partition coefficient (Wildman–Crippen LogP) is -1.61. The Morgan fingerprint density at radius 2 is 0.444 bits per heavy atom. The van der Waals surface area contributed by atoms with Crippen LogP contribution in [0.1, 0.15) is 82.9 Å². The van der Waals surface area contributed by atoms with Gasteiger partial charge in [-0.2, -0.15) is 0 Å². The molecule has 386 valence electrons. The normalized spacial score (nSPS) is 10.8. The van der Waals surface area contributed by atoms with Gasteiger partial charge in [0.15, 0.2) is 46.0 Å². The third-order valence-corrected chi connectivity index (χ3v) is 11.1. The maximum atomic E-state index is 13.2. The molecule has 0 aromatic heterocycles. The summed E-state index contributed by atoms with van der Waals surface area (Å²) in [6.07, 6.45) is 0. The Balaban J connectivity index is 1.55. The standard InChI is InChI=1S/C46H56N10O16/c1-47-39(65)23-5-9-27(35(61)31(23)57)43(69)51-13-17-55(18-14-52-44(70)28-10-6-24(40(66)48-2)32(58)36(28)62)21-22-56(19-15-53-45(71)29-11-7-25(41(67)49-3)33(59)37(29)63)20-16-54-46(72)30-12-8-26(42(68)50-4)34(60)38(30)64/h5-12,57-64H,13-22H2,1-4H3,(H,47,65)(H,48,66)(H,49,67)(H,50,68)(H,51,69)(H,52,70)(H,53,71)(H,54,72). The largest absolute Gasteiger partial charge is 0.504 e. The van der Waals surface area contributed by atoms with Crippen molar-refractivity contribution in [2.75, 3.05) is 93.6 Å². The van der Waals surface area contributed by atoms with Crippen molar-refractivity contribution >= 4 is 47.3 Å². The summed E-state index contributed by atoms with van der Waals surface area (Å²) in [7, 11) is 5.23. The van der Waals surface area contributed by atoms with Gasteiger partial charge in [-0.1, -0.05) is 0 Å². The first-order valence-electron chi connectivity index (χ1n) is 21.9. The fourth-order valence-corrected chi connectivity index (χ4v) is 6.97. The molecule has 4 rings (SSSR count). The van der Waals surface area contributed by atoms with Crippen molar-refractivity contribution in [3.05, 3.63) is 93.0 Å². The van der Waals surface area contributed by atoms with Crippen LogP contribution in [0.4, 0.5) is 0 Å². The molecule has 4 aromatic rings. The Hall–Kier alpha value is -9.04. The molecule has 8 amide bonds. The molecule has 72 heavy (non-hydrogen) atoms. The number of aromatic hydroxyl groups is 8. The van der Waals surface area contributed by atoms with Gasteiger partial charge >= 0.3 is 0 Å². The molecule has 0 aliphatic rings. The van der Waals surface area contributed by atoms with Crippen LogP contribution >= 0.6 is 0 Å². The van der Waals surface area contributed by atoms with Crippen LogP contribution in [0.2, 0.25) is 0 Å². The van der Waals surface area contributed by atoms with E-state index in [1.54, 1.807) is 9.80 Å². The monoisotopic (exact) mass is 1000 g/mol. The Labute approximate surface area is 410 Å². The van der Waals surface area contributed by atoms with Crippen molar-refractivity contribution in [1.29, 1.82) is 0 Å². The molecule has 0 saturated carbocycles. The second-order valence-corrected chi connectivity index (χ2v) is 15.5. The molecule has 0 bridgehead atoms. The van der Waals surface area contributed by atoms with Crippen molar-refractivity contribution in [2.24, 2.45) is 0 Å². The molecule has 0 spiro atoms. The molecule has 26 heteroatoms. The molecular weight excluding hydrogens is 949 g/mol. The highest BCUT2D eigenvalue weighted by atomic mass is 16.3. The quantitative estimate of drug-likeness (QED) is 0.0372. The molecule has 0 fully saturated rings. The number of nitrogens with one attached hydrogen (secondary N) is 8. The third kappa shape index (κ3) is 13.4. The number of carbonyl (C=O) groups is 8. The van der Waals surface area contributed by atoms with E-state index in [9.17, 15) is 79.2 Å². The molecular formula is C46H56N10O16. The molecule has 0 atom stereocenters. The lowest BCUT2D eigenvalue weighted by Gasteiger charge is -2.28. The molecule has 0 aliphatic heterocycles. The fraction of sp³-hybridized carbons (Fsp3) is 0.304. The number of hydrogen-bond donors (Lipinski definition) is 16. The van der Waals surface area contributed by atoms with Crippen molar-refractivity contribution in [3.8, 4) is 46.0 Å². The van der Waals surface area contributed by atoms with Crippen LogP contribution in [-0.2, 0) is 0 Å². The first-order chi connectivity index (χ1) is 34.2. The summed E-state index contributed by atoms with van der Waals surface area (Å²) in [5.74, 6) is -12.8. The second-order valence-electron chi connectivity index (χ2n) is 15.5. The summed E-state index contributed by atoms with van der Waals surface area (Å²) in [6, 6.07) is 9.14. The molecule has 4 aromatic carbocycles. The van der Waals surface area contributed by atoms with E-state index in [4.69, 9.17) is 0 Å². The van der Waals surface area contributed by atoms with Crippen molar-refractivity contribution in [2.45, 2.75) is 0 Å². The maximum Gasteiger partial charge on any atom is 0.255 e. The van der Waals surface area contributed by atoms with E-state index in [2.05, 4.69) is 42.5 Å². The zero-order valence-corrected chi connectivity index (χ0v) is 39.4. The summed E-state index contributed by atoms with van der Waals surface area (Å²) in [5.41, 5.74) is -2.52. The first kappa shape index (κ1) is 55.6. The summed E-state index contributed by atoms with van der Waals surface area (Å²) < 4.78 is 0. The van der Waals surface area contributed by atoms with Gasteiger partial charge in [0, 0.05) is 93.6 Å². The van der Waals surface area contributed by atoms with E-state index < -0.39 is 93.3 Å². The van der Waals surface area contributed by atoms with Crippen LogP contribution in [0.15, 0.2) is 48.5 Å². The van der Waals surface area contributed by atoms with Gasteiger partial charge in [-0.3, -0.25) is 48.2 Å². The van der Waals surface area contributed by atoms with Crippen molar-refractivity contribution in [1.82, 2.24) is 52.3 Å². The highest BCUT2D eigenvalue weighted by Crippen LogP contribution is 2.35. The van der Waals surface area contributed by atoms with E-state index in [0.717, 1.165) is 48.5 Å². The zero-order chi connectivity index (χ0) is 53.4. The Morgan fingerprint density at radius 1 is 0.292 bits per heavy atom. The fourth-order valence-electron chi connectivity index (χ4n) is 6.97. The minimum atomic E-state index is -0.846. The van der Waals surface area contributed by atoms with Crippen LogP contribution in [-0.4, -0.2) is 192 Å². The number of amides is 8. The van der Waals surface area contributed by atoms with Gasteiger partial charge in [-0.05, 0) is 48.5 Å². The van der Waals surface area contributed by atoms with Crippen LogP contribution in [0.5, 0.6) is 46.0 Å². The third-order valence-electron chi connectivity index (χ3n) is 11.1. The minimum Gasteiger partial charge on any atom is -0.504 e. The van der Waals surface area contributed by atoms with Gasteiger partial charge in [-0.25, -0.2) is 0 Å². The average molecular weight is 1010 g/mol. The zero-order valence-electron chi connectivity index (χ0n) is 39.4. The lowest BCUT2D eigenvalue weighted by molar-refractivity contribution is 0.0918. The van der Waals surface area contributed by atoms with Gasteiger partial charge in [-0.15, -0.1) is 0 Å². The van der Waals surface area contributed by atoms with Gasteiger partial charge in [0.2, 0.25) is 0 Å². The molecule has 16 N–H and O–H groups in total. The maximum absolute atomic E-state index is 13.2. The van der Waals surface area contributed by atoms with E-state index >= 15 is 0 Å². The molecule has 0 aliphatic carbocycles. The molecule has 0 saturated heterocycles. The number of carbonyl (C=O) groups excluding carboxylic acids is 8. The predicted molar refractivity (Wildman–Crippen MR) is 255 cm³/mol. The number of phenolic OH excluding ortho intramolecular Hbond substituents is 8. The number of nitrogens with zero attached hydrogens (tertiary/aromatic N) is 2. The average Bonchev–Trinajstić information content (AvgIpc) is 3.36. The van der Waals surface area contributed by atoms with E-state index in [0.29, 0.717) is 0 Å². The summed E-state index contributed by atoms with van der Waals surface area (Å²) >= 11 is 0. The van der Waals surface area contributed by atoms with E-state index in [-0.39, 0.29) is 110 Å². The van der Waals surface area contributed by atoms with E-state index in [1.807, 2.05) is 0 Å². The van der Waals surface area contributed by atoms with Crippen LogP contribution in [0, 0.1) is 0 Å². The van der Waals surface area contributed by atoms with Crippen molar-refractivity contribution < 1.29 is 79.2 Å². The van der Waals surface area contributed by atoms with Gasteiger partial charge in [0.1, 0.15) is 0 Å². The summed E-state index contributed by atoms with van der Waals surface area (Å²) in [6.45, 7) is 0.102. The lowest BCUT2D eigenvalue weighted by Crippen LogP contribution is -2.45. The molecule has 0 heterocycles. The highest BCUT2D eigenvalue weighted by Gasteiger charge is 2.25. The Kier molecular flexibility index (Phi) is 19.7. The van der Waals surface area contributed by atoms with Gasteiger partial charge < -0.3 is 83.4 Å². The number of rotatable bonds is 23. The lowest BCUT2D eigenvalue weighted by atomic mass is 10.1. The molecule has 26 nitrogen and oxygen atoms in total. The van der Waals surface area contributed by atoms with Crippen LogP contribution in [0.25, 0.3) is 0 Å². The van der Waals surface area contributed by atoms with Gasteiger partial charge in [0.05, 0.1) is 44.5 Å². The smallest absolute Gasteiger partial charge is 0.255 e. The SMILES string of the molecule is CNC(=O)c1ccc(C(=O)NCCN(CCNC(=O)c2ccc(C(=O)NC)c(O)c2O)CCN(CCNC(=O)c2ccc(C(=O)NC)c(O)c2O)CCNC(=O)c2ccc(C(=O)NC)c(O)c2O)c(O)c1O. The van der Waals surface area contributed by atoms with E-state index in [1.165, 1.54) is 28.2 Å². The number of benzene rings is 4. The number of phenols is 8. The highest BCUT2D eigenvalue weighted by molar-refractivity contribution is 6.05. The van der Waals surface area contributed by atoms with Crippen LogP contribution in [0.3, 0.4) is 0 Å². The van der Waals surface area contributed by atoms with Crippen molar-refractivity contribution in [3.63, 3.8) is 0 Å². The number of hydrogen-bond acceptors (Lipinski definition) is 18. The minimum absolute atomic E-state index is 0.0580. The first-order valence-corrected chi connectivity index (χ1v) is 21.9. The molecule has 0 unspecified atom stereocenters. The topological polar surface area (TPSA) is 401 Å². The van der Waals surface area contributed by atoms with Gasteiger partial charge in [0.25, 0.3) is 47.3 Å².